The molecule has 3 rings (SSSR count). The molecule has 8 nitrogen and oxygen atoms in total. The van der Waals surface area contributed by atoms with Gasteiger partial charge >= 0.3 is 16.2 Å². The van der Waals surface area contributed by atoms with Gasteiger partial charge in [-0.15, -0.1) is 0 Å². The van der Waals surface area contributed by atoms with Gasteiger partial charge in [0.15, 0.2) is 5.17 Å². The highest BCUT2D eigenvalue weighted by Crippen LogP contribution is 2.36. The van der Waals surface area contributed by atoms with E-state index in [9.17, 15) is 13.2 Å². The summed E-state index contributed by atoms with van der Waals surface area (Å²) >= 11 is 4.25. The van der Waals surface area contributed by atoms with Crippen molar-refractivity contribution in [3.63, 3.8) is 0 Å². The predicted molar refractivity (Wildman–Crippen MR) is 102 cm³/mol. The lowest BCUT2D eigenvalue weighted by atomic mass is 10.2. The van der Waals surface area contributed by atoms with E-state index < -0.39 is 16.2 Å². The van der Waals surface area contributed by atoms with Gasteiger partial charge in [-0.2, -0.15) is 8.42 Å². The molecule has 2 aromatic carbocycles. The minimum Gasteiger partial charge on any atom is -0.453 e. The summed E-state index contributed by atoms with van der Waals surface area (Å²) in [5.41, 5.74) is 1.06. The number of nitrogens with zero attached hydrogens (tertiary/aromatic N) is 1. The standard InChI is InChI=1S/C15H12BrN3O5S2/c1-23-15(20)18-14-17-11-7-6-9(8-12(11)19-25-14)24-26(21,22)13-5-3-2-4-10(13)16/h2-8,19H,1H3,(H,17,18,20). The monoisotopic (exact) mass is 457 g/mol. The first-order valence-corrected chi connectivity index (χ1v) is 10.1. The lowest BCUT2D eigenvalue weighted by Gasteiger charge is -2.17. The molecule has 1 aliphatic heterocycles. The molecule has 136 valence electrons. The number of nitrogens with one attached hydrogen (secondary N) is 2. The Hall–Kier alpha value is -2.24. The molecule has 0 spiro atoms. The number of anilines is 1. The van der Waals surface area contributed by atoms with Crippen LogP contribution in [-0.4, -0.2) is 26.8 Å². The highest BCUT2D eigenvalue weighted by atomic mass is 79.9. The summed E-state index contributed by atoms with van der Waals surface area (Å²) in [6.45, 7) is 0. The number of benzene rings is 2. The van der Waals surface area contributed by atoms with Crippen molar-refractivity contribution in [3.05, 3.63) is 46.9 Å². The first-order chi connectivity index (χ1) is 12.4. The van der Waals surface area contributed by atoms with Gasteiger partial charge in [-0.3, -0.25) is 5.32 Å². The second kappa shape index (κ2) is 7.56. The number of rotatable bonds is 3. The fourth-order valence-corrected chi connectivity index (χ4v) is 4.52. The number of hydrogen-bond donors (Lipinski definition) is 2. The number of methoxy groups -OCH3 is 1. The van der Waals surface area contributed by atoms with E-state index in [0.717, 1.165) is 11.9 Å². The van der Waals surface area contributed by atoms with Gasteiger partial charge in [0.1, 0.15) is 10.6 Å². The van der Waals surface area contributed by atoms with Crippen molar-refractivity contribution in [2.24, 2.45) is 4.99 Å². The maximum absolute atomic E-state index is 12.4. The zero-order valence-electron chi connectivity index (χ0n) is 13.2. The molecule has 2 aromatic rings. The normalized spacial score (nSPS) is 13.1. The van der Waals surface area contributed by atoms with Crippen molar-refractivity contribution in [1.82, 2.24) is 5.32 Å². The average molecular weight is 458 g/mol. The summed E-state index contributed by atoms with van der Waals surface area (Å²) < 4.78 is 37.9. The van der Waals surface area contributed by atoms with Crippen molar-refractivity contribution in [3.8, 4) is 5.75 Å². The summed E-state index contributed by atoms with van der Waals surface area (Å²) in [6.07, 6.45) is -0.638. The Kier molecular flexibility index (Phi) is 5.39. The number of ether oxygens (including phenoxy) is 1. The highest BCUT2D eigenvalue weighted by Gasteiger charge is 2.21. The molecule has 0 saturated heterocycles. The molecule has 11 heteroatoms. The van der Waals surface area contributed by atoms with E-state index in [1.807, 2.05) is 0 Å². The predicted octanol–water partition coefficient (Wildman–Crippen LogP) is 3.63. The van der Waals surface area contributed by atoms with Crippen molar-refractivity contribution >= 4 is 60.6 Å². The minimum absolute atomic E-state index is 0.0302. The Morgan fingerprint density at radius 1 is 1.27 bits per heavy atom. The van der Waals surface area contributed by atoms with Gasteiger partial charge < -0.3 is 13.6 Å². The van der Waals surface area contributed by atoms with E-state index in [2.05, 4.69) is 35.7 Å². The van der Waals surface area contributed by atoms with Crippen LogP contribution in [0.15, 0.2) is 56.8 Å². The minimum atomic E-state index is -3.99. The number of aliphatic imine (C=N–C) groups is 1. The molecular formula is C15H12BrN3O5S2. The van der Waals surface area contributed by atoms with Crippen LogP contribution in [-0.2, 0) is 14.9 Å². The largest absolute Gasteiger partial charge is 0.453 e. The van der Waals surface area contributed by atoms with Crippen LogP contribution in [0.25, 0.3) is 0 Å². The molecule has 2 N–H and O–H groups in total. The number of hydrogen-bond acceptors (Lipinski definition) is 8. The van der Waals surface area contributed by atoms with E-state index in [1.165, 1.54) is 25.3 Å². The second-order valence-corrected chi connectivity index (χ2v) is 8.05. The summed E-state index contributed by atoms with van der Waals surface area (Å²) in [5.74, 6) is 0.132. The Bertz CT molecular complexity index is 995. The first-order valence-electron chi connectivity index (χ1n) is 7.08. The van der Waals surface area contributed by atoms with E-state index in [0.29, 0.717) is 21.0 Å². The van der Waals surface area contributed by atoms with Crippen LogP contribution in [0.5, 0.6) is 5.75 Å². The number of carbonyl (C=O) groups excluding carboxylic acids is 1. The van der Waals surface area contributed by atoms with Gasteiger partial charge in [0, 0.05) is 22.5 Å². The molecule has 0 aliphatic carbocycles. The highest BCUT2D eigenvalue weighted by molar-refractivity contribution is 9.10. The van der Waals surface area contributed by atoms with Gasteiger partial charge in [-0.1, -0.05) is 12.1 Å². The molecule has 0 bridgehead atoms. The molecule has 0 atom stereocenters. The molecule has 1 amide bonds. The summed E-state index contributed by atoms with van der Waals surface area (Å²) in [4.78, 5) is 15.5. The van der Waals surface area contributed by atoms with Crippen LogP contribution in [0, 0.1) is 0 Å². The van der Waals surface area contributed by atoms with Crippen LogP contribution in [0.4, 0.5) is 16.2 Å². The molecule has 0 saturated carbocycles. The Labute approximate surface area is 162 Å². The molecule has 26 heavy (non-hydrogen) atoms. The van der Waals surface area contributed by atoms with Crippen LogP contribution in [0.3, 0.4) is 0 Å². The fourth-order valence-electron chi connectivity index (χ4n) is 1.99. The Morgan fingerprint density at radius 2 is 2.04 bits per heavy atom. The number of halogens is 1. The molecular weight excluding hydrogens is 446 g/mol. The van der Waals surface area contributed by atoms with Crippen LogP contribution < -0.4 is 14.2 Å². The zero-order valence-corrected chi connectivity index (χ0v) is 16.4. The maximum Gasteiger partial charge on any atom is 0.412 e. The van der Waals surface area contributed by atoms with Gasteiger partial charge in [0.2, 0.25) is 0 Å². The van der Waals surface area contributed by atoms with Crippen LogP contribution in [0.2, 0.25) is 0 Å². The number of alkyl carbamates (subject to hydrolysis) is 1. The fraction of sp³-hybridized carbons (Fsp3) is 0.0667. The van der Waals surface area contributed by atoms with Crippen LogP contribution in [0.1, 0.15) is 0 Å². The Morgan fingerprint density at radius 3 is 2.77 bits per heavy atom. The number of amides is 1. The third-order valence-electron chi connectivity index (χ3n) is 3.15. The summed E-state index contributed by atoms with van der Waals surface area (Å²) in [5, 5.41) is 2.75. The number of fused-ring (bicyclic) bond motifs is 1. The third-order valence-corrected chi connectivity index (χ3v) is 6.12. The molecule has 0 unspecified atom stereocenters. The van der Waals surface area contributed by atoms with Gasteiger partial charge in [-0.05, 0) is 40.2 Å². The topological polar surface area (TPSA) is 106 Å². The molecule has 0 aromatic heterocycles. The SMILES string of the molecule is COC(=O)NC1=Nc2ccc(OS(=O)(=O)c3ccccc3Br)cc2NS1. The van der Waals surface area contributed by atoms with Gasteiger partial charge in [0.25, 0.3) is 0 Å². The van der Waals surface area contributed by atoms with E-state index in [1.54, 1.807) is 24.3 Å². The number of amidine groups is 1. The maximum atomic E-state index is 12.4. The van der Waals surface area contributed by atoms with Crippen molar-refractivity contribution in [2.45, 2.75) is 4.90 Å². The first kappa shape index (κ1) is 18.5. The second-order valence-electron chi connectivity index (χ2n) is 4.88. The molecule has 1 aliphatic rings. The summed E-state index contributed by atoms with van der Waals surface area (Å²) in [7, 11) is -2.74. The van der Waals surface area contributed by atoms with E-state index >= 15 is 0 Å². The number of carbonyl (C=O) groups is 1. The van der Waals surface area contributed by atoms with Crippen LogP contribution >= 0.6 is 27.9 Å². The van der Waals surface area contributed by atoms with Crippen molar-refractivity contribution < 1.29 is 22.1 Å². The zero-order chi connectivity index (χ0) is 18.7. The van der Waals surface area contributed by atoms with E-state index in [4.69, 9.17) is 4.18 Å². The Balaban J connectivity index is 1.83. The average Bonchev–Trinajstić information content (AvgIpc) is 2.61. The summed E-state index contributed by atoms with van der Waals surface area (Å²) in [6, 6.07) is 10.9. The molecule has 0 radical (unpaired) electrons. The third kappa shape index (κ3) is 4.11. The van der Waals surface area contributed by atoms with Gasteiger partial charge in [-0.25, -0.2) is 9.79 Å². The van der Waals surface area contributed by atoms with E-state index in [-0.39, 0.29) is 10.6 Å². The quantitative estimate of drug-likeness (QED) is 0.535. The molecule has 0 fully saturated rings. The lowest BCUT2D eigenvalue weighted by Crippen LogP contribution is -2.29. The van der Waals surface area contributed by atoms with Gasteiger partial charge in [0.05, 0.1) is 18.5 Å². The van der Waals surface area contributed by atoms with Crippen molar-refractivity contribution in [1.29, 1.82) is 0 Å². The molecule has 1 heterocycles. The van der Waals surface area contributed by atoms with Crippen molar-refractivity contribution in [2.75, 3.05) is 11.8 Å². The lowest BCUT2D eigenvalue weighted by molar-refractivity contribution is 0.177. The smallest absolute Gasteiger partial charge is 0.412 e.